The van der Waals surface area contributed by atoms with E-state index in [0.29, 0.717) is 25.9 Å². The highest BCUT2D eigenvalue weighted by Gasteiger charge is 2.65. The van der Waals surface area contributed by atoms with Gasteiger partial charge in [-0.2, -0.15) is 0 Å². The molecular formula is C21H38N2O4. The van der Waals surface area contributed by atoms with Crippen LogP contribution in [0.25, 0.3) is 0 Å². The van der Waals surface area contributed by atoms with Crippen LogP contribution in [0.1, 0.15) is 54.4 Å². The average Bonchev–Trinajstić information content (AvgIpc) is 2.55. The van der Waals surface area contributed by atoms with E-state index in [9.17, 15) is 19.8 Å². The molecule has 2 rings (SSSR count). The number of nitrogens with zero attached hydrogens (tertiary/aromatic N) is 2. The summed E-state index contributed by atoms with van der Waals surface area (Å²) in [5.41, 5.74) is -2.25. The molecule has 2 heterocycles. The Morgan fingerprint density at radius 1 is 0.815 bits per heavy atom. The summed E-state index contributed by atoms with van der Waals surface area (Å²) in [6.07, 6.45) is 1.19. The molecule has 6 nitrogen and oxygen atoms in total. The number of rotatable bonds is 4. The van der Waals surface area contributed by atoms with E-state index < -0.39 is 29.2 Å². The summed E-state index contributed by atoms with van der Waals surface area (Å²) in [6, 6.07) is 0. The van der Waals surface area contributed by atoms with Gasteiger partial charge in [0.15, 0.2) is 5.41 Å². The van der Waals surface area contributed by atoms with Crippen molar-refractivity contribution in [2.45, 2.75) is 65.5 Å². The molecule has 4 atom stereocenters. The second-order valence-corrected chi connectivity index (χ2v) is 10.00. The van der Waals surface area contributed by atoms with Crippen molar-refractivity contribution in [1.29, 1.82) is 0 Å². The van der Waals surface area contributed by atoms with E-state index in [1.807, 2.05) is 27.9 Å². The van der Waals surface area contributed by atoms with E-state index in [1.165, 1.54) is 0 Å². The summed E-state index contributed by atoms with van der Waals surface area (Å²) >= 11 is 0. The Morgan fingerprint density at radius 3 is 1.37 bits per heavy atom. The summed E-state index contributed by atoms with van der Waals surface area (Å²) in [5.74, 6) is -3.21. The second-order valence-electron chi connectivity index (χ2n) is 10.00. The highest BCUT2D eigenvalue weighted by atomic mass is 16.4. The van der Waals surface area contributed by atoms with Crippen LogP contribution in [0.5, 0.6) is 0 Å². The van der Waals surface area contributed by atoms with Gasteiger partial charge in [0, 0.05) is 11.1 Å². The van der Waals surface area contributed by atoms with Gasteiger partial charge in [0.1, 0.15) is 0 Å². The molecule has 0 aromatic rings. The zero-order chi connectivity index (χ0) is 20.9. The van der Waals surface area contributed by atoms with Gasteiger partial charge in [0.05, 0.1) is 0 Å². The number of piperidine rings is 2. The maximum atomic E-state index is 12.7. The van der Waals surface area contributed by atoms with Crippen LogP contribution < -0.4 is 0 Å². The molecule has 0 spiro atoms. The van der Waals surface area contributed by atoms with Crippen LogP contribution in [0.3, 0.4) is 0 Å². The zero-order valence-corrected chi connectivity index (χ0v) is 18.2. The van der Waals surface area contributed by atoms with Gasteiger partial charge in [0.25, 0.3) is 0 Å². The Balaban J connectivity index is 2.61. The fourth-order valence-electron chi connectivity index (χ4n) is 5.67. The third-order valence-electron chi connectivity index (χ3n) is 8.83. The van der Waals surface area contributed by atoms with E-state index in [-0.39, 0.29) is 22.9 Å². The standard InChI is InChI=1S/C21H38N2O4/c1-13-15(9-11-22(7)19(13,3)4)21(17(24)25,18(26)27)16-10-12-23(8)20(5,6)14(16)2/h13-16H,9-12H2,1-8H3,(H,24,25)(H,26,27). The number of likely N-dealkylation sites (tertiary alicyclic amines) is 2. The molecule has 156 valence electrons. The zero-order valence-electron chi connectivity index (χ0n) is 18.2. The van der Waals surface area contributed by atoms with E-state index in [0.717, 1.165) is 0 Å². The second kappa shape index (κ2) is 7.03. The Bertz CT molecular complexity index is 549. The third-order valence-corrected chi connectivity index (χ3v) is 8.83. The summed E-state index contributed by atoms with van der Waals surface area (Å²) in [6.45, 7) is 13.9. The molecule has 2 fully saturated rings. The van der Waals surface area contributed by atoms with Crippen LogP contribution in [-0.2, 0) is 9.59 Å². The van der Waals surface area contributed by atoms with Gasteiger partial charge in [-0.25, -0.2) is 0 Å². The largest absolute Gasteiger partial charge is 0.480 e. The fourth-order valence-corrected chi connectivity index (χ4v) is 5.67. The van der Waals surface area contributed by atoms with Crippen molar-refractivity contribution in [3.8, 4) is 0 Å². The summed E-state index contributed by atoms with van der Waals surface area (Å²) < 4.78 is 0. The van der Waals surface area contributed by atoms with Gasteiger partial charge in [-0.15, -0.1) is 0 Å². The minimum absolute atomic E-state index is 0.0431. The van der Waals surface area contributed by atoms with Crippen LogP contribution in [0.15, 0.2) is 0 Å². The van der Waals surface area contributed by atoms with E-state index >= 15 is 0 Å². The summed E-state index contributed by atoms with van der Waals surface area (Å²) in [4.78, 5) is 29.9. The Morgan fingerprint density at radius 2 is 1.11 bits per heavy atom. The molecule has 0 aliphatic carbocycles. The number of aliphatic carboxylic acids is 2. The lowest BCUT2D eigenvalue weighted by Gasteiger charge is -2.58. The van der Waals surface area contributed by atoms with Crippen molar-refractivity contribution >= 4 is 11.9 Å². The van der Waals surface area contributed by atoms with Crippen LogP contribution in [-0.4, -0.2) is 70.2 Å². The smallest absolute Gasteiger partial charge is 0.321 e. The fraction of sp³-hybridized carbons (Fsp3) is 0.905. The normalized spacial score (nSPS) is 35.0. The maximum absolute atomic E-state index is 12.7. The third kappa shape index (κ3) is 3.09. The van der Waals surface area contributed by atoms with Gasteiger partial charge < -0.3 is 20.0 Å². The van der Waals surface area contributed by atoms with E-state index in [1.54, 1.807) is 0 Å². The topological polar surface area (TPSA) is 81.1 Å². The lowest BCUT2D eigenvalue weighted by molar-refractivity contribution is -0.191. The van der Waals surface area contributed by atoms with Crippen LogP contribution >= 0.6 is 0 Å². The highest BCUT2D eigenvalue weighted by molar-refractivity contribution is 5.99. The van der Waals surface area contributed by atoms with Gasteiger partial charge in [-0.1, -0.05) is 13.8 Å². The summed E-state index contributed by atoms with van der Waals surface area (Å²) in [7, 11) is 4.08. The number of carboxylic acid groups (broad SMARTS) is 2. The van der Waals surface area contributed by atoms with Crippen molar-refractivity contribution in [1.82, 2.24) is 9.80 Å². The van der Waals surface area contributed by atoms with Crippen molar-refractivity contribution in [2.75, 3.05) is 27.2 Å². The predicted molar refractivity (Wildman–Crippen MR) is 106 cm³/mol. The summed E-state index contributed by atoms with van der Waals surface area (Å²) in [5, 5.41) is 20.8. The number of hydrogen-bond acceptors (Lipinski definition) is 4. The molecule has 6 heteroatoms. The van der Waals surface area contributed by atoms with Gasteiger partial charge >= 0.3 is 11.9 Å². The van der Waals surface area contributed by atoms with Crippen LogP contribution in [0, 0.1) is 29.1 Å². The Kier molecular flexibility index (Phi) is 5.77. The van der Waals surface area contributed by atoms with E-state index in [2.05, 4.69) is 37.5 Å². The molecule has 0 bridgehead atoms. The van der Waals surface area contributed by atoms with Gasteiger partial charge in [-0.05, 0) is 91.4 Å². The molecule has 2 aliphatic heterocycles. The van der Waals surface area contributed by atoms with Gasteiger partial charge in [-0.3, -0.25) is 9.59 Å². The minimum atomic E-state index is -1.75. The molecule has 2 N–H and O–H groups in total. The Hall–Kier alpha value is -1.14. The van der Waals surface area contributed by atoms with Crippen LogP contribution in [0.4, 0.5) is 0 Å². The maximum Gasteiger partial charge on any atom is 0.321 e. The lowest BCUT2D eigenvalue weighted by atomic mass is 9.51. The molecule has 0 aromatic heterocycles. The predicted octanol–water partition coefficient (Wildman–Crippen LogP) is 2.87. The van der Waals surface area contributed by atoms with Crippen LogP contribution in [0.2, 0.25) is 0 Å². The molecule has 2 saturated heterocycles. The minimum Gasteiger partial charge on any atom is -0.480 e. The SMILES string of the molecule is CC1C(C(C(=O)O)(C(=O)O)C2CCN(C)C(C)(C)C2C)CCN(C)C1(C)C. The van der Waals surface area contributed by atoms with Crippen molar-refractivity contribution in [3.05, 3.63) is 0 Å². The quantitative estimate of drug-likeness (QED) is 0.728. The molecule has 0 radical (unpaired) electrons. The van der Waals surface area contributed by atoms with E-state index in [4.69, 9.17) is 0 Å². The molecule has 0 aromatic carbocycles. The molecule has 4 unspecified atom stereocenters. The molecule has 0 saturated carbocycles. The Labute approximate surface area is 163 Å². The number of hydrogen-bond donors (Lipinski definition) is 2. The number of carbonyl (C=O) groups is 2. The first-order valence-corrected chi connectivity index (χ1v) is 10.1. The van der Waals surface area contributed by atoms with Crippen molar-refractivity contribution in [3.63, 3.8) is 0 Å². The average molecular weight is 383 g/mol. The molecule has 0 amide bonds. The molecule has 27 heavy (non-hydrogen) atoms. The molecular weight excluding hydrogens is 344 g/mol. The van der Waals surface area contributed by atoms with Gasteiger partial charge in [0.2, 0.25) is 0 Å². The highest BCUT2D eigenvalue weighted by Crippen LogP contribution is 2.55. The first kappa shape index (κ1) is 22.2. The first-order valence-electron chi connectivity index (χ1n) is 10.1. The monoisotopic (exact) mass is 382 g/mol. The number of carboxylic acids is 2. The first-order chi connectivity index (χ1) is 12.2. The van der Waals surface area contributed by atoms with Crippen molar-refractivity contribution < 1.29 is 19.8 Å². The lowest BCUT2D eigenvalue weighted by Crippen LogP contribution is -2.66. The molecule has 2 aliphatic rings. The van der Waals surface area contributed by atoms with Crippen molar-refractivity contribution in [2.24, 2.45) is 29.1 Å².